The Morgan fingerprint density at radius 2 is 2.12 bits per heavy atom. The van der Waals surface area contributed by atoms with Crippen molar-refractivity contribution in [3.8, 4) is 0 Å². The van der Waals surface area contributed by atoms with E-state index in [0.29, 0.717) is 11.5 Å². The molecule has 0 fully saturated rings. The van der Waals surface area contributed by atoms with Crippen LogP contribution in [0.25, 0.3) is 0 Å². The predicted octanol–water partition coefficient (Wildman–Crippen LogP) is 2.16. The minimum Gasteiger partial charge on any atom is -0.373 e. The third-order valence-electron chi connectivity index (χ3n) is 2.44. The maximum Gasteiger partial charge on any atom is 0.253 e. The van der Waals surface area contributed by atoms with Crippen LogP contribution in [0.1, 0.15) is 29.9 Å². The molecule has 0 bridgehead atoms. The van der Waals surface area contributed by atoms with Gasteiger partial charge in [0.2, 0.25) is 0 Å². The molecule has 4 nitrogen and oxygen atoms in total. The first kappa shape index (κ1) is 13.5. The van der Waals surface area contributed by atoms with Crippen molar-refractivity contribution in [1.82, 2.24) is 9.88 Å². The lowest BCUT2D eigenvalue weighted by Crippen LogP contribution is -2.30. The third-order valence-corrected chi connectivity index (χ3v) is 2.44. The van der Waals surface area contributed by atoms with Crippen molar-refractivity contribution >= 4 is 11.7 Å². The summed E-state index contributed by atoms with van der Waals surface area (Å²) in [5.41, 5.74) is 1.53. The molecule has 0 aliphatic rings. The van der Waals surface area contributed by atoms with Gasteiger partial charge >= 0.3 is 0 Å². The van der Waals surface area contributed by atoms with Gasteiger partial charge in [0.1, 0.15) is 5.82 Å². The van der Waals surface area contributed by atoms with Crippen LogP contribution in [0.5, 0.6) is 0 Å². The first-order valence-corrected chi connectivity index (χ1v) is 5.86. The van der Waals surface area contributed by atoms with Crippen LogP contribution in [0.4, 0.5) is 5.82 Å². The van der Waals surface area contributed by atoms with Crippen molar-refractivity contribution in [2.75, 3.05) is 26.0 Å². The van der Waals surface area contributed by atoms with Crippen molar-refractivity contribution in [2.45, 2.75) is 20.8 Å². The van der Waals surface area contributed by atoms with Gasteiger partial charge in [-0.1, -0.05) is 13.8 Å². The fraction of sp³-hybridized carbons (Fsp3) is 0.538. The van der Waals surface area contributed by atoms with Gasteiger partial charge in [-0.15, -0.1) is 0 Å². The van der Waals surface area contributed by atoms with E-state index >= 15 is 0 Å². The summed E-state index contributed by atoms with van der Waals surface area (Å²) in [6.45, 7) is 6.84. The molecule has 94 valence electrons. The van der Waals surface area contributed by atoms with E-state index in [1.807, 2.05) is 20.0 Å². The van der Waals surface area contributed by atoms with Gasteiger partial charge in [-0.25, -0.2) is 4.98 Å². The van der Waals surface area contributed by atoms with E-state index < -0.39 is 0 Å². The van der Waals surface area contributed by atoms with Crippen LogP contribution in [0.3, 0.4) is 0 Å². The van der Waals surface area contributed by atoms with Crippen molar-refractivity contribution in [1.29, 1.82) is 0 Å². The number of pyridine rings is 1. The number of rotatable bonds is 4. The highest BCUT2D eigenvalue weighted by Crippen LogP contribution is 2.12. The van der Waals surface area contributed by atoms with Gasteiger partial charge in [-0.05, 0) is 25.0 Å². The molecule has 1 rings (SSSR count). The highest BCUT2D eigenvalue weighted by molar-refractivity contribution is 5.94. The number of nitrogens with one attached hydrogen (secondary N) is 1. The minimum atomic E-state index is 0.0423. The molecule has 0 saturated carbocycles. The maximum atomic E-state index is 12.2. The standard InChI is InChI=1S/C13H21N3O/c1-9(2)8-16(5)13(17)11-6-10(3)15-12(7-11)14-4/h6-7,9H,8H2,1-5H3,(H,14,15). The lowest BCUT2D eigenvalue weighted by molar-refractivity contribution is 0.0779. The maximum absolute atomic E-state index is 12.2. The van der Waals surface area contributed by atoms with Gasteiger partial charge in [0, 0.05) is 31.9 Å². The summed E-state index contributed by atoms with van der Waals surface area (Å²) in [5.74, 6) is 1.24. The highest BCUT2D eigenvalue weighted by atomic mass is 16.2. The molecule has 0 unspecified atom stereocenters. The number of nitrogens with zero attached hydrogens (tertiary/aromatic N) is 2. The second-order valence-electron chi connectivity index (χ2n) is 4.71. The number of carbonyl (C=O) groups excluding carboxylic acids is 1. The number of anilines is 1. The molecule has 0 aliphatic heterocycles. The monoisotopic (exact) mass is 235 g/mol. The van der Waals surface area contributed by atoms with Gasteiger partial charge in [-0.3, -0.25) is 4.79 Å². The summed E-state index contributed by atoms with van der Waals surface area (Å²) in [7, 11) is 3.63. The average Bonchev–Trinajstić information content (AvgIpc) is 2.26. The Bertz CT molecular complexity index is 402. The molecule has 1 N–H and O–H groups in total. The molecule has 4 heteroatoms. The molecular formula is C13H21N3O. The number of amides is 1. The van der Waals surface area contributed by atoms with E-state index in [-0.39, 0.29) is 5.91 Å². The SMILES string of the molecule is CNc1cc(C(=O)N(C)CC(C)C)cc(C)n1. The fourth-order valence-electron chi connectivity index (χ4n) is 1.77. The predicted molar refractivity (Wildman–Crippen MR) is 70.3 cm³/mol. The van der Waals surface area contributed by atoms with Crippen LogP contribution in [0, 0.1) is 12.8 Å². The zero-order chi connectivity index (χ0) is 13.0. The van der Waals surface area contributed by atoms with Crippen LogP contribution in [0.15, 0.2) is 12.1 Å². The Hall–Kier alpha value is -1.58. The topological polar surface area (TPSA) is 45.2 Å². The van der Waals surface area contributed by atoms with E-state index in [1.165, 1.54) is 0 Å². The van der Waals surface area contributed by atoms with E-state index in [9.17, 15) is 4.79 Å². The number of aromatic nitrogens is 1. The van der Waals surface area contributed by atoms with Gasteiger partial charge in [0.25, 0.3) is 5.91 Å². The summed E-state index contributed by atoms with van der Waals surface area (Å²) in [6.07, 6.45) is 0. The molecule has 1 aromatic rings. The molecule has 1 aromatic heterocycles. The van der Waals surface area contributed by atoms with Gasteiger partial charge in [0.15, 0.2) is 0 Å². The Morgan fingerprint density at radius 1 is 1.47 bits per heavy atom. The minimum absolute atomic E-state index is 0.0423. The van der Waals surface area contributed by atoms with Gasteiger partial charge in [-0.2, -0.15) is 0 Å². The lowest BCUT2D eigenvalue weighted by atomic mass is 10.1. The molecule has 0 saturated heterocycles. The number of hydrogen-bond donors (Lipinski definition) is 1. The third kappa shape index (κ3) is 3.73. The molecule has 0 aromatic carbocycles. The van der Waals surface area contributed by atoms with Crippen molar-refractivity contribution in [2.24, 2.45) is 5.92 Å². The number of carbonyl (C=O) groups is 1. The van der Waals surface area contributed by atoms with Crippen molar-refractivity contribution in [3.63, 3.8) is 0 Å². The van der Waals surface area contributed by atoms with E-state index in [1.54, 1.807) is 18.0 Å². The quantitative estimate of drug-likeness (QED) is 0.869. The number of hydrogen-bond acceptors (Lipinski definition) is 3. The van der Waals surface area contributed by atoms with Crippen LogP contribution in [-0.2, 0) is 0 Å². The summed E-state index contributed by atoms with van der Waals surface area (Å²) in [4.78, 5) is 18.2. The summed E-state index contributed by atoms with van der Waals surface area (Å²) < 4.78 is 0. The Labute approximate surface area is 103 Å². The van der Waals surface area contributed by atoms with Gasteiger partial charge < -0.3 is 10.2 Å². The Kier molecular flexibility index (Phi) is 4.49. The number of aryl methyl sites for hydroxylation is 1. The molecule has 1 amide bonds. The highest BCUT2D eigenvalue weighted by Gasteiger charge is 2.14. The smallest absolute Gasteiger partial charge is 0.253 e. The van der Waals surface area contributed by atoms with Crippen molar-refractivity contribution in [3.05, 3.63) is 23.4 Å². The summed E-state index contributed by atoms with van der Waals surface area (Å²) in [6, 6.07) is 3.60. The summed E-state index contributed by atoms with van der Waals surface area (Å²) >= 11 is 0. The van der Waals surface area contributed by atoms with E-state index in [2.05, 4.69) is 24.1 Å². The first-order chi connectivity index (χ1) is 7.93. The molecule has 0 radical (unpaired) electrons. The largest absolute Gasteiger partial charge is 0.373 e. The van der Waals surface area contributed by atoms with E-state index in [0.717, 1.165) is 18.1 Å². The van der Waals surface area contributed by atoms with Crippen LogP contribution in [-0.4, -0.2) is 36.4 Å². The average molecular weight is 235 g/mol. The zero-order valence-electron chi connectivity index (χ0n) is 11.2. The first-order valence-electron chi connectivity index (χ1n) is 5.86. The van der Waals surface area contributed by atoms with E-state index in [4.69, 9.17) is 0 Å². The van der Waals surface area contributed by atoms with Crippen molar-refractivity contribution < 1.29 is 4.79 Å². The lowest BCUT2D eigenvalue weighted by Gasteiger charge is -2.19. The van der Waals surface area contributed by atoms with Gasteiger partial charge in [0.05, 0.1) is 0 Å². The molecular weight excluding hydrogens is 214 g/mol. The Morgan fingerprint density at radius 3 is 2.65 bits per heavy atom. The molecule has 17 heavy (non-hydrogen) atoms. The second kappa shape index (κ2) is 5.66. The van der Waals surface area contributed by atoms with Crippen LogP contribution in [0.2, 0.25) is 0 Å². The Balaban J connectivity index is 2.91. The molecule has 0 aliphatic carbocycles. The zero-order valence-corrected chi connectivity index (χ0v) is 11.2. The van der Waals surface area contributed by atoms with Crippen LogP contribution < -0.4 is 5.32 Å². The molecule has 0 atom stereocenters. The molecule has 1 heterocycles. The normalized spacial score (nSPS) is 10.5. The second-order valence-corrected chi connectivity index (χ2v) is 4.71. The fourth-order valence-corrected chi connectivity index (χ4v) is 1.77. The van der Waals surface area contributed by atoms with Crippen LogP contribution >= 0.6 is 0 Å². The summed E-state index contributed by atoms with van der Waals surface area (Å²) in [5, 5.41) is 2.96. The molecule has 0 spiro atoms.